The molecular formula is C19H19FN2O3. The van der Waals surface area contributed by atoms with Gasteiger partial charge in [0, 0.05) is 13.0 Å². The number of rotatable bonds is 5. The fourth-order valence-corrected chi connectivity index (χ4v) is 2.90. The van der Waals surface area contributed by atoms with E-state index in [1.165, 1.54) is 26.3 Å². The third-order valence-electron chi connectivity index (χ3n) is 4.36. The topological polar surface area (TPSA) is 67.4 Å². The molecule has 1 aliphatic rings. The number of methoxy groups -OCH3 is 1. The molecule has 2 aromatic carbocycles. The van der Waals surface area contributed by atoms with Crippen molar-refractivity contribution in [2.45, 2.75) is 12.3 Å². The van der Waals surface area contributed by atoms with Crippen LogP contribution in [0.4, 0.5) is 10.1 Å². The number of hydrogen-bond acceptors (Lipinski definition) is 3. The van der Waals surface area contributed by atoms with Gasteiger partial charge in [-0.05, 0) is 48.2 Å². The minimum atomic E-state index is -0.313. The Kier molecular flexibility index (Phi) is 4.70. The largest absolute Gasteiger partial charge is 0.497 e. The molecule has 130 valence electrons. The van der Waals surface area contributed by atoms with Crippen molar-refractivity contribution in [2.75, 3.05) is 19.5 Å². The molecule has 0 aliphatic heterocycles. The summed E-state index contributed by atoms with van der Waals surface area (Å²) >= 11 is 0. The molecule has 0 spiro atoms. The van der Waals surface area contributed by atoms with Gasteiger partial charge in [-0.25, -0.2) is 4.39 Å². The van der Waals surface area contributed by atoms with E-state index in [0.29, 0.717) is 23.4 Å². The van der Waals surface area contributed by atoms with Gasteiger partial charge in [0.15, 0.2) is 0 Å². The monoisotopic (exact) mass is 342 g/mol. The normalized spacial score (nSPS) is 18.4. The molecule has 2 unspecified atom stereocenters. The lowest BCUT2D eigenvalue weighted by atomic mass is 10.1. The van der Waals surface area contributed by atoms with Gasteiger partial charge in [0.25, 0.3) is 5.91 Å². The first-order chi connectivity index (χ1) is 12.0. The van der Waals surface area contributed by atoms with Gasteiger partial charge in [0.1, 0.15) is 11.6 Å². The second kappa shape index (κ2) is 6.93. The quantitative estimate of drug-likeness (QED) is 0.878. The SMILES string of the molecule is CNC(=O)c1cc(OC)ccc1NC(=O)C1CC1c1cccc(F)c1. The second-order valence-electron chi connectivity index (χ2n) is 5.98. The average molecular weight is 342 g/mol. The Morgan fingerprint density at radius 3 is 2.68 bits per heavy atom. The highest BCUT2D eigenvalue weighted by Gasteiger charge is 2.44. The maximum atomic E-state index is 13.3. The number of carbonyl (C=O) groups is 2. The minimum Gasteiger partial charge on any atom is -0.497 e. The molecule has 5 nitrogen and oxygen atoms in total. The van der Waals surface area contributed by atoms with Crippen molar-refractivity contribution in [3.8, 4) is 5.75 Å². The molecular weight excluding hydrogens is 323 g/mol. The Balaban J connectivity index is 1.75. The number of ether oxygens (including phenoxy) is 1. The van der Waals surface area contributed by atoms with Crippen LogP contribution < -0.4 is 15.4 Å². The van der Waals surface area contributed by atoms with Gasteiger partial charge in [0.2, 0.25) is 5.91 Å². The number of amides is 2. The van der Waals surface area contributed by atoms with E-state index in [1.807, 2.05) is 6.07 Å². The van der Waals surface area contributed by atoms with E-state index < -0.39 is 0 Å². The highest BCUT2D eigenvalue weighted by atomic mass is 19.1. The van der Waals surface area contributed by atoms with Gasteiger partial charge in [-0.3, -0.25) is 9.59 Å². The third kappa shape index (κ3) is 3.63. The van der Waals surface area contributed by atoms with E-state index in [0.717, 1.165) is 5.56 Å². The summed E-state index contributed by atoms with van der Waals surface area (Å²) < 4.78 is 18.5. The minimum absolute atomic E-state index is 0.0115. The van der Waals surface area contributed by atoms with Crippen molar-refractivity contribution in [1.29, 1.82) is 0 Å². The number of carbonyl (C=O) groups excluding carboxylic acids is 2. The summed E-state index contributed by atoms with van der Waals surface area (Å²) in [6, 6.07) is 11.2. The lowest BCUT2D eigenvalue weighted by Gasteiger charge is -2.12. The van der Waals surface area contributed by atoms with Crippen LogP contribution in [-0.4, -0.2) is 26.0 Å². The van der Waals surface area contributed by atoms with Gasteiger partial charge in [-0.15, -0.1) is 0 Å². The van der Waals surface area contributed by atoms with Crippen LogP contribution >= 0.6 is 0 Å². The first-order valence-electron chi connectivity index (χ1n) is 8.00. The van der Waals surface area contributed by atoms with E-state index in [9.17, 15) is 14.0 Å². The summed E-state index contributed by atoms with van der Waals surface area (Å²) in [5, 5.41) is 5.35. The molecule has 1 aliphatic carbocycles. The number of halogens is 1. The van der Waals surface area contributed by atoms with Crippen LogP contribution in [0.5, 0.6) is 5.75 Å². The molecule has 6 heteroatoms. The summed E-state index contributed by atoms with van der Waals surface area (Å²) in [7, 11) is 3.03. The third-order valence-corrected chi connectivity index (χ3v) is 4.36. The molecule has 0 saturated heterocycles. The smallest absolute Gasteiger partial charge is 0.253 e. The Morgan fingerprint density at radius 1 is 1.20 bits per heavy atom. The van der Waals surface area contributed by atoms with Gasteiger partial charge < -0.3 is 15.4 Å². The summed E-state index contributed by atoms with van der Waals surface area (Å²) in [4.78, 5) is 24.5. The van der Waals surface area contributed by atoms with E-state index in [1.54, 1.807) is 24.3 Å². The molecule has 2 atom stereocenters. The fourth-order valence-electron chi connectivity index (χ4n) is 2.90. The van der Waals surface area contributed by atoms with Crippen molar-refractivity contribution in [1.82, 2.24) is 5.32 Å². The van der Waals surface area contributed by atoms with Crippen LogP contribution in [0.3, 0.4) is 0 Å². The molecule has 0 radical (unpaired) electrons. The molecule has 2 aromatic rings. The van der Waals surface area contributed by atoms with Gasteiger partial charge in [-0.2, -0.15) is 0 Å². The molecule has 3 rings (SSSR count). The second-order valence-corrected chi connectivity index (χ2v) is 5.98. The van der Waals surface area contributed by atoms with Gasteiger partial charge in [-0.1, -0.05) is 12.1 Å². The zero-order chi connectivity index (χ0) is 18.0. The Morgan fingerprint density at radius 2 is 2.00 bits per heavy atom. The van der Waals surface area contributed by atoms with Gasteiger partial charge >= 0.3 is 0 Å². The zero-order valence-corrected chi connectivity index (χ0v) is 14.0. The highest BCUT2D eigenvalue weighted by molar-refractivity contribution is 6.05. The Bertz CT molecular complexity index is 822. The molecule has 1 fully saturated rings. The maximum absolute atomic E-state index is 13.3. The zero-order valence-electron chi connectivity index (χ0n) is 14.0. The van der Waals surface area contributed by atoms with Crippen LogP contribution in [0.25, 0.3) is 0 Å². The predicted molar refractivity (Wildman–Crippen MR) is 92.3 cm³/mol. The van der Waals surface area contributed by atoms with E-state index in [4.69, 9.17) is 4.74 Å². The van der Waals surface area contributed by atoms with E-state index in [2.05, 4.69) is 10.6 Å². The molecule has 2 amide bonds. The van der Waals surface area contributed by atoms with Crippen molar-refractivity contribution in [3.63, 3.8) is 0 Å². The first-order valence-corrected chi connectivity index (χ1v) is 8.00. The number of nitrogens with one attached hydrogen (secondary N) is 2. The fraction of sp³-hybridized carbons (Fsp3) is 0.263. The molecule has 0 aromatic heterocycles. The van der Waals surface area contributed by atoms with Crippen LogP contribution in [0.2, 0.25) is 0 Å². The van der Waals surface area contributed by atoms with Crippen LogP contribution in [-0.2, 0) is 4.79 Å². The summed E-state index contributed by atoms with van der Waals surface area (Å²) in [5.74, 6) is -0.476. The molecule has 2 N–H and O–H groups in total. The summed E-state index contributed by atoms with van der Waals surface area (Å²) in [5.41, 5.74) is 1.58. The molecule has 0 bridgehead atoms. The van der Waals surface area contributed by atoms with Gasteiger partial charge in [0.05, 0.1) is 18.4 Å². The molecule has 25 heavy (non-hydrogen) atoms. The maximum Gasteiger partial charge on any atom is 0.253 e. The van der Waals surface area contributed by atoms with Crippen LogP contribution in [0, 0.1) is 11.7 Å². The number of anilines is 1. The summed E-state index contributed by atoms with van der Waals surface area (Å²) in [6.07, 6.45) is 0.667. The molecule has 0 heterocycles. The number of hydrogen-bond donors (Lipinski definition) is 2. The van der Waals surface area contributed by atoms with Crippen molar-refractivity contribution in [3.05, 3.63) is 59.4 Å². The standard InChI is InChI=1S/C19H19FN2O3/c1-21-18(23)16-9-13(25-2)6-7-17(16)22-19(24)15-10-14(15)11-4-3-5-12(20)8-11/h3-9,14-15H,10H2,1-2H3,(H,21,23)(H,22,24). The Hall–Kier alpha value is -2.89. The average Bonchev–Trinajstić information content (AvgIpc) is 3.42. The first kappa shape index (κ1) is 17.0. The van der Waals surface area contributed by atoms with Crippen molar-refractivity contribution >= 4 is 17.5 Å². The molecule has 1 saturated carbocycles. The van der Waals surface area contributed by atoms with Crippen LogP contribution in [0.15, 0.2) is 42.5 Å². The van der Waals surface area contributed by atoms with Crippen molar-refractivity contribution in [2.24, 2.45) is 5.92 Å². The summed E-state index contributed by atoms with van der Waals surface area (Å²) in [6.45, 7) is 0. The lowest BCUT2D eigenvalue weighted by molar-refractivity contribution is -0.117. The number of benzene rings is 2. The van der Waals surface area contributed by atoms with E-state index in [-0.39, 0.29) is 29.5 Å². The highest BCUT2D eigenvalue weighted by Crippen LogP contribution is 2.48. The van der Waals surface area contributed by atoms with E-state index >= 15 is 0 Å². The van der Waals surface area contributed by atoms with Crippen molar-refractivity contribution < 1.29 is 18.7 Å². The predicted octanol–water partition coefficient (Wildman–Crippen LogP) is 2.94. The van der Waals surface area contributed by atoms with Crippen LogP contribution in [0.1, 0.15) is 28.3 Å². The Labute approximate surface area is 145 Å². The lowest BCUT2D eigenvalue weighted by Crippen LogP contribution is -2.22.